The fourth-order valence-corrected chi connectivity index (χ4v) is 1.21. The predicted molar refractivity (Wildman–Crippen MR) is 52.3 cm³/mol. The molecule has 0 fully saturated rings. The molecule has 0 atom stereocenters. The third kappa shape index (κ3) is 3.08. The van der Waals surface area contributed by atoms with Gasteiger partial charge in [-0.1, -0.05) is 0 Å². The number of hydrogen-bond acceptors (Lipinski definition) is 3. The highest BCUT2D eigenvalue weighted by molar-refractivity contribution is 5.72. The van der Waals surface area contributed by atoms with Gasteiger partial charge in [0.15, 0.2) is 5.82 Å². The molecule has 0 aliphatic heterocycles. The molecule has 1 aromatic heterocycles. The van der Waals surface area contributed by atoms with Gasteiger partial charge in [-0.05, 0) is 6.92 Å². The minimum Gasteiger partial charge on any atom is -0.466 e. The maximum Gasteiger partial charge on any atom is 0.310 e. The van der Waals surface area contributed by atoms with Crippen molar-refractivity contribution in [3.05, 3.63) is 33.5 Å². The van der Waals surface area contributed by atoms with E-state index in [9.17, 15) is 22.8 Å². The summed E-state index contributed by atoms with van der Waals surface area (Å²) in [5.41, 5.74) is -2.54. The third-order valence-corrected chi connectivity index (χ3v) is 1.99. The molecule has 4 nitrogen and oxygen atoms in total. The van der Waals surface area contributed by atoms with Crippen LogP contribution in [0.3, 0.4) is 0 Å². The minimum atomic E-state index is -3.11. The van der Waals surface area contributed by atoms with Crippen LogP contribution in [0.5, 0.6) is 0 Å². The van der Waals surface area contributed by atoms with E-state index in [1.165, 1.54) is 0 Å². The van der Waals surface area contributed by atoms with Crippen LogP contribution in [-0.4, -0.2) is 17.6 Å². The average molecular weight is 249 g/mol. The first-order chi connectivity index (χ1) is 7.97. The molecule has 1 heterocycles. The Morgan fingerprint density at radius 1 is 1.53 bits per heavy atom. The number of pyridine rings is 1. The maximum absolute atomic E-state index is 13.2. The molecule has 1 aromatic rings. The number of ether oxygens (including phenoxy) is 1. The number of carbonyl (C=O) groups excluding carboxylic acids is 1. The van der Waals surface area contributed by atoms with Crippen molar-refractivity contribution in [2.45, 2.75) is 19.8 Å². The Kier molecular flexibility index (Phi) is 4.30. The molecule has 0 aliphatic carbocycles. The first-order valence-corrected chi connectivity index (χ1v) is 4.81. The number of aromatic amines is 1. The van der Waals surface area contributed by atoms with Gasteiger partial charge in [0.05, 0.1) is 13.0 Å². The number of carbonyl (C=O) groups is 1. The van der Waals surface area contributed by atoms with Gasteiger partial charge in [-0.3, -0.25) is 9.59 Å². The Balaban J connectivity index is 3.01. The van der Waals surface area contributed by atoms with Crippen LogP contribution in [0.1, 0.15) is 24.6 Å². The molecule has 0 saturated heterocycles. The molecule has 94 valence electrons. The van der Waals surface area contributed by atoms with Gasteiger partial charge >= 0.3 is 5.97 Å². The molecule has 1 rings (SSSR count). The highest BCUT2D eigenvalue weighted by Gasteiger charge is 2.19. The molecule has 17 heavy (non-hydrogen) atoms. The van der Waals surface area contributed by atoms with Gasteiger partial charge in [-0.2, -0.15) is 0 Å². The van der Waals surface area contributed by atoms with Gasteiger partial charge in [0.2, 0.25) is 5.43 Å². The molecule has 0 unspecified atom stereocenters. The number of esters is 1. The Hall–Kier alpha value is -1.79. The lowest BCUT2D eigenvalue weighted by Gasteiger charge is -2.05. The van der Waals surface area contributed by atoms with Gasteiger partial charge in [-0.15, -0.1) is 0 Å². The van der Waals surface area contributed by atoms with Crippen LogP contribution in [0.25, 0.3) is 0 Å². The summed E-state index contributed by atoms with van der Waals surface area (Å²) < 4.78 is 42.2. The summed E-state index contributed by atoms with van der Waals surface area (Å²) in [4.78, 5) is 24.3. The quantitative estimate of drug-likeness (QED) is 0.824. The van der Waals surface area contributed by atoms with Crippen molar-refractivity contribution in [2.75, 3.05) is 6.61 Å². The summed E-state index contributed by atoms with van der Waals surface area (Å²) in [7, 11) is 0. The van der Waals surface area contributed by atoms with E-state index in [2.05, 4.69) is 4.74 Å². The molecule has 0 saturated carbocycles. The van der Waals surface area contributed by atoms with E-state index in [-0.39, 0.29) is 12.2 Å². The highest BCUT2D eigenvalue weighted by Crippen LogP contribution is 2.17. The Morgan fingerprint density at radius 2 is 2.18 bits per heavy atom. The normalized spacial score (nSPS) is 10.6. The lowest BCUT2D eigenvalue weighted by molar-refractivity contribution is -0.142. The van der Waals surface area contributed by atoms with E-state index in [0.717, 1.165) is 6.20 Å². The fourth-order valence-electron chi connectivity index (χ4n) is 1.21. The number of hydrogen-bond donors (Lipinski definition) is 1. The minimum absolute atomic E-state index is 0.119. The molecule has 0 spiro atoms. The second-order valence-corrected chi connectivity index (χ2v) is 3.15. The van der Waals surface area contributed by atoms with Crippen LogP contribution in [-0.2, 0) is 16.0 Å². The Morgan fingerprint density at radius 3 is 2.71 bits per heavy atom. The number of aromatic nitrogens is 1. The van der Waals surface area contributed by atoms with Crippen LogP contribution < -0.4 is 5.43 Å². The predicted octanol–water partition coefficient (Wildman–Crippen LogP) is 1.56. The molecule has 0 bridgehead atoms. The van der Waals surface area contributed by atoms with Gasteiger partial charge in [-0.25, -0.2) is 13.2 Å². The zero-order chi connectivity index (χ0) is 13.0. The molecule has 0 amide bonds. The van der Waals surface area contributed by atoms with Gasteiger partial charge < -0.3 is 9.72 Å². The molecule has 7 heteroatoms. The Labute approximate surface area is 94.4 Å². The smallest absolute Gasteiger partial charge is 0.310 e. The van der Waals surface area contributed by atoms with Gasteiger partial charge in [0, 0.05) is 11.8 Å². The third-order valence-electron chi connectivity index (χ3n) is 1.99. The van der Waals surface area contributed by atoms with Crippen molar-refractivity contribution in [1.29, 1.82) is 0 Å². The molecule has 0 aromatic carbocycles. The largest absolute Gasteiger partial charge is 0.466 e. The van der Waals surface area contributed by atoms with Crippen molar-refractivity contribution in [3.8, 4) is 0 Å². The topological polar surface area (TPSA) is 59.2 Å². The van der Waals surface area contributed by atoms with Gasteiger partial charge in [0.1, 0.15) is 5.69 Å². The molecular formula is C10H10F3NO3. The Bertz CT molecular complexity index is 470. The van der Waals surface area contributed by atoms with E-state index in [1.807, 2.05) is 4.98 Å². The first-order valence-electron chi connectivity index (χ1n) is 4.81. The second kappa shape index (κ2) is 5.51. The zero-order valence-electron chi connectivity index (χ0n) is 8.93. The van der Waals surface area contributed by atoms with E-state index >= 15 is 0 Å². The molecule has 1 N–H and O–H groups in total. The number of nitrogens with one attached hydrogen (secondary N) is 1. The fraction of sp³-hybridized carbons (Fsp3) is 0.400. The van der Waals surface area contributed by atoms with E-state index in [0.29, 0.717) is 0 Å². The van der Waals surface area contributed by atoms with Crippen molar-refractivity contribution in [1.82, 2.24) is 4.98 Å². The lowest BCUT2D eigenvalue weighted by atomic mass is 10.2. The summed E-state index contributed by atoms with van der Waals surface area (Å²) in [6.07, 6.45) is -2.67. The maximum atomic E-state index is 13.2. The van der Waals surface area contributed by atoms with Crippen LogP contribution >= 0.6 is 0 Å². The summed E-state index contributed by atoms with van der Waals surface area (Å²) in [6.45, 7) is 1.69. The monoisotopic (exact) mass is 249 g/mol. The van der Waals surface area contributed by atoms with Crippen LogP contribution in [0.4, 0.5) is 13.2 Å². The van der Waals surface area contributed by atoms with Gasteiger partial charge in [0.25, 0.3) is 6.43 Å². The molecule has 0 aliphatic rings. The summed E-state index contributed by atoms with van der Waals surface area (Å²) in [5, 5.41) is 0. The van der Waals surface area contributed by atoms with Crippen LogP contribution in [0.2, 0.25) is 0 Å². The summed E-state index contributed by atoms with van der Waals surface area (Å²) in [6, 6.07) is 0. The number of halogens is 3. The molecule has 0 radical (unpaired) electrons. The van der Waals surface area contributed by atoms with Crippen LogP contribution in [0, 0.1) is 5.82 Å². The van der Waals surface area contributed by atoms with E-state index in [4.69, 9.17) is 0 Å². The number of rotatable bonds is 4. The SMILES string of the molecule is CCOC(=O)Cc1c[nH]c(C(F)F)c(F)c1=O. The van der Waals surface area contributed by atoms with Crippen molar-refractivity contribution in [3.63, 3.8) is 0 Å². The second-order valence-electron chi connectivity index (χ2n) is 3.15. The van der Waals surface area contributed by atoms with E-state index in [1.54, 1.807) is 6.92 Å². The van der Waals surface area contributed by atoms with Crippen molar-refractivity contribution in [2.24, 2.45) is 0 Å². The number of H-pyrrole nitrogens is 1. The van der Waals surface area contributed by atoms with Crippen molar-refractivity contribution >= 4 is 5.97 Å². The average Bonchev–Trinajstić information content (AvgIpc) is 2.25. The van der Waals surface area contributed by atoms with E-state index < -0.39 is 35.8 Å². The molecular weight excluding hydrogens is 239 g/mol. The summed E-state index contributed by atoms with van der Waals surface area (Å²) >= 11 is 0. The standard InChI is InChI=1S/C10H10F3NO3/c1-2-17-6(15)3-5-4-14-8(10(12)13)7(11)9(5)16/h4,10H,2-3H2,1H3,(H,14,16). The zero-order valence-corrected chi connectivity index (χ0v) is 8.93. The first kappa shape index (κ1) is 13.3. The summed E-state index contributed by atoms with van der Waals surface area (Å²) in [5.74, 6) is -2.29. The lowest BCUT2D eigenvalue weighted by Crippen LogP contribution is -2.21. The van der Waals surface area contributed by atoms with Crippen molar-refractivity contribution < 1.29 is 22.7 Å². The highest BCUT2D eigenvalue weighted by atomic mass is 19.3. The number of alkyl halides is 2. The van der Waals surface area contributed by atoms with Crippen LogP contribution in [0.15, 0.2) is 11.0 Å².